The largest absolute Gasteiger partial charge is 0.355 e. The highest BCUT2D eigenvalue weighted by Gasteiger charge is 2.01. The molecular weight excluding hydrogens is 390 g/mol. The molecule has 2 aromatic rings. The summed E-state index contributed by atoms with van der Waals surface area (Å²) in [7, 11) is 0. The minimum Gasteiger partial charge on any atom is -0.355 e. The van der Waals surface area contributed by atoms with Gasteiger partial charge in [-0.3, -0.25) is 15.3 Å². The van der Waals surface area contributed by atoms with Crippen molar-refractivity contribution in [2.75, 3.05) is 13.1 Å². The highest BCUT2D eigenvalue weighted by molar-refractivity contribution is 9.10. The zero-order chi connectivity index (χ0) is 18.6. The molecule has 0 amide bonds. The summed E-state index contributed by atoms with van der Waals surface area (Å²) in [4.78, 5) is 8.92. The Morgan fingerprint density at radius 1 is 1.23 bits per heavy atom. The van der Waals surface area contributed by atoms with E-state index < -0.39 is 0 Å². The number of guanidine groups is 1. The first-order valence-electron chi connectivity index (χ1n) is 8.77. The molecule has 0 spiro atoms. The number of benzene rings is 1. The quantitative estimate of drug-likeness (QED) is 0.227. The Hall–Kier alpha value is -2.39. The Morgan fingerprint density at radius 2 is 2.04 bits per heavy atom. The van der Waals surface area contributed by atoms with Gasteiger partial charge in [0.2, 0.25) is 5.96 Å². The number of aromatic nitrogens is 1. The molecule has 2 rings (SSSR count). The molecule has 0 unspecified atom stereocenters. The van der Waals surface area contributed by atoms with Gasteiger partial charge in [-0.25, -0.2) is 0 Å². The summed E-state index contributed by atoms with van der Waals surface area (Å²) in [5, 5.41) is 14.7. The molecule has 26 heavy (non-hydrogen) atoms. The Bertz CT molecular complexity index is 753. The molecule has 1 aromatic carbocycles. The summed E-state index contributed by atoms with van der Waals surface area (Å²) in [5.41, 5.74) is 3.60. The molecule has 2 N–H and O–H groups in total. The zero-order valence-electron chi connectivity index (χ0n) is 15.0. The summed E-state index contributed by atoms with van der Waals surface area (Å²) in [6.07, 6.45) is 7.58. The number of nitriles is 1. The molecule has 1 aromatic heterocycles. The molecular formula is C20H24BrN5. The second-order valence-corrected chi connectivity index (χ2v) is 6.92. The fourth-order valence-corrected chi connectivity index (χ4v) is 3.03. The van der Waals surface area contributed by atoms with E-state index in [1.807, 2.05) is 30.6 Å². The molecule has 1 heterocycles. The molecule has 136 valence electrons. The lowest BCUT2D eigenvalue weighted by Crippen LogP contribution is -2.36. The van der Waals surface area contributed by atoms with Crippen molar-refractivity contribution in [1.82, 2.24) is 15.6 Å². The maximum absolute atomic E-state index is 8.86. The first-order valence-corrected chi connectivity index (χ1v) is 9.56. The molecule has 0 atom stereocenters. The first kappa shape index (κ1) is 19.9. The van der Waals surface area contributed by atoms with Crippen LogP contribution >= 0.6 is 15.9 Å². The fraction of sp³-hybridized carbons (Fsp3) is 0.350. The topological polar surface area (TPSA) is 73.1 Å². The second-order valence-electron chi connectivity index (χ2n) is 6.00. The minimum atomic E-state index is 0.543. The van der Waals surface area contributed by atoms with Crippen molar-refractivity contribution < 1.29 is 0 Å². The molecule has 0 fully saturated rings. The third-order valence-corrected chi connectivity index (χ3v) is 4.40. The van der Waals surface area contributed by atoms with Gasteiger partial charge in [0.25, 0.3) is 0 Å². The lowest BCUT2D eigenvalue weighted by Gasteiger charge is -2.08. The van der Waals surface area contributed by atoms with Gasteiger partial charge in [0, 0.05) is 29.5 Å². The number of nitrogens with one attached hydrogen (secondary N) is 2. The Labute approximate surface area is 163 Å². The summed E-state index contributed by atoms with van der Waals surface area (Å²) in [6, 6.07) is 12.3. The third-order valence-electron chi connectivity index (χ3n) is 3.97. The normalized spacial score (nSPS) is 11.0. The van der Waals surface area contributed by atoms with Crippen molar-refractivity contribution in [2.45, 2.75) is 32.6 Å². The van der Waals surface area contributed by atoms with Gasteiger partial charge in [-0.1, -0.05) is 30.3 Å². The highest BCUT2D eigenvalue weighted by Crippen LogP contribution is 2.14. The van der Waals surface area contributed by atoms with Gasteiger partial charge in [-0.05, 0) is 65.7 Å². The summed E-state index contributed by atoms with van der Waals surface area (Å²) >= 11 is 3.43. The van der Waals surface area contributed by atoms with Gasteiger partial charge in [0.15, 0.2) is 6.19 Å². The molecule has 5 nitrogen and oxygen atoms in total. The predicted octanol–water partition coefficient (Wildman–Crippen LogP) is 3.73. The molecule has 0 bridgehead atoms. The molecule has 0 aliphatic heterocycles. The lowest BCUT2D eigenvalue weighted by atomic mass is 10.1. The van der Waals surface area contributed by atoms with Crippen molar-refractivity contribution in [3.05, 3.63) is 63.9 Å². The van der Waals surface area contributed by atoms with Crippen LogP contribution in [0.5, 0.6) is 0 Å². The van der Waals surface area contributed by atoms with Crippen molar-refractivity contribution in [3.8, 4) is 6.19 Å². The van der Waals surface area contributed by atoms with E-state index >= 15 is 0 Å². The standard InChI is InChI=1S/C20H24BrN5/c1-16-13-18(21)14-25-19(16)9-5-6-11-23-20(26-15-22)24-12-10-17-7-3-2-4-8-17/h2-4,7-8,13-14H,5-6,9-12H2,1H3,(H2,23,24,26). The van der Waals surface area contributed by atoms with Crippen molar-refractivity contribution >= 4 is 21.9 Å². The van der Waals surface area contributed by atoms with Crippen molar-refractivity contribution in [3.63, 3.8) is 0 Å². The molecule has 0 radical (unpaired) electrons. The number of aliphatic imine (C=N–C) groups is 1. The molecule has 0 saturated carbocycles. The average molecular weight is 414 g/mol. The van der Waals surface area contributed by atoms with Crippen LogP contribution in [-0.2, 0) is 12.8 Å². The van der Waals surface area contributed by atoms with Gasteiger partial charge < -0.3 is 5.32 Å². The first-order chi connectivity index (χ1) is 12.7. The van der Waals surface area contributed by atoms with Gasteiger partial charge in [0.1, 0.15) is 0 Å². The number of rotatable bonds is 8. The Morgan fingerprint density at radius 3 is 2.77 bits per heavy atom. The number of unbranched alkanes of at least 4 members (excludes halogenated alkanes) is 1. The molecule has 0 saturated heterocycles. The summed E-state index contributed by atoms with van der Waals surface area (Å²) < 4.78 is 1.01. The molecule has 6 heteroatoms. The number of pyridine rings is 1. The Balaban J connectivity index is 1.71. The van der Waals surface area contributed by atoms with E-state index in [-0.39, 0.29) is 0 Å². The van der Waals surface area contributed by atoms with E-state index in [1.165, 1.54) is 11.1 Å². The van der Waals surface area contributed by atoms with Crippen molar-refractivity contribution in [2.24, 2.45) is 4.99 Å². The van der Waals surface area contributed by atoms with Gasteiger partial charge >= 0.3 is 0 Å². The van der Waals surface area contributed by atoms with Crippen LogP contribution in [0.25, 0.3) is 0 Å². The number of hydrogen-bond donors (Lipinski definition) is 2. The predicted molar refractivity (Wildman–Crippen MR) is 109 cm³/mol. The van der Waals surface area contributed by atoms with Gasteiger partial charge in [0.05, 0.1) is 0 Å². The van der Waals surface area contributed by atoms with Crippen LogP contribution in [0.1, 0.15) is 29.7 Å². The van der Waals surface area contributed by atoms with E-state index in [2.05, 4.69) is 61.7 Å². The van der Waals surface area contributed by atoms with E-state index in [0.29, 0.717) is 12.5 Å². The van der Waals surface area contributed by atoms with Crippen LogP contribution in [0.3, 0.4) is 0 Å². The Kier molecular flexibility index (Phi) is 8.64. The number of hydrogen-bond acceptors (Lipinski definition) is 3. The van der Waals surface area contributed by atoms with Crippen LogP contribution in [-0.4, -0.2) is 24.0 Å². The van der Waals surface area contributed by atoms with Crippen LogP contribution in [0.2, 0.25) is 0 Å². The van der Waals surface area contributed by atoms with Crippen LogP contribution < -0.4 is 10.6 Å². The SMILES string of the molecule is Cc1cc(Br)cnc1CCCCN=C(NC#N)NCCc1ccccc1. The second kappa shape index (κ2) is 11.3. The van der Waals surface area contributed by atoms with E-state index in [0.717, 1.165) is 42.4 Å². The van der Waals surface area contributed by atoms with Crippen LogP contribution in [0, 0.1) is 18.4 Å². The van der Waals surface area contributed by atoms with Crippen molar-refractivity contribution in [1.29, 1.82) is 5.26 Å². The van der Waals surface area contributed by atoms with E-state index in [1.54, 1.807) is 0 Å². The van der Waals surface area contributed by atoms with Gasteiger partial charge in [-0.2, -0.15) is 5.26 Å². The summed E-state index contributed by atoms with van der Waals surface area (Å²) in [5.74, 6) is 0.543. The number of nitrogens with zero attached hydrogens (tertiary/aromatic N) is 3. The van der Waals surface area contributed by atoms with E-state index in [9.17, 15) is 0 Å². The smallest absolute Gasteiger partial charge is 0.204 e. The lowest BCUT2D eigenvalue weighted by molar-refractivity contribution is 0.723. The average Bonchev–Trinajstić information content (AvgIpc) is 2.64. The number of halogens is 1. The fourth-order valence-electron chi connectivity index (χ4n) is 2.59. The van der Waals surface area contributed by atoms with Gasteiger partial charge in [-0.15, -0.1) is 0 Å². The summed E-state index contributed by atoms with van der Waals surface area (Å²) in [6.45, 7) is 3.49. The molecule has 0 aliphatic carbocycles. The number of aryl methyl sites for hydroxylation is 2. The highest BCUT2D eigenvalue weighted by atomic mass is 79.9. The minimum absolute atomic E-state index is 0.543. The monoisotopic (exact) mass is 413 g/mol. The van der Waals surface area contributed by atoms with Crippen LogP contribution in [0.15, 0.2) is 52.1 Å². The maximum atomic E-state index is 8.86. The van der Waals surface area contributed by atoms with Crippen LogP contribution in [0.4, 0.5) is 0 Å². The zero-order valence-corrected chi connectivity index (χ0v) is 16.6. The maximum Gasteiger partial charge on any atom is 0.204 e. The third kappa shape index (κ3) is 7.24. The molecule has 0 aliphatic rings. The van der Waals surface area contributed by atoms with E-state index in [4.69, 9.17) is 5.26 Å².